The molecule has 0 amide bonds. The number of nitrogens with zero attached hydrogens (tertiary/aromatic N) is 1. The molecule has 1 heterocycles. The molecule has 0 spiro atoms. The minimum Gasteiger partial charge on any atom is -0.376 e. The average Bonchev–Trinajstić information content (AvgIpc) is 2.56. The van der Waals surface area contributed by atoms with Crippen molar-refractivity contribution in [2.75, 3.05) is 14.2 Å². The number of benzene rings is 1. The molecule has 1 aromatic carbocycles. The highest BCUT2D eigenvalue weighted by Crippen LogP contribution is 2.42. The third-order valence-electron chi connectivity index (χ3n) is 4.91. The molecule has 3 heteroatoms. The van der Waals surface area contributed by atoms with Gasteiger partial charge in [0.15, 0.2) is 0 Å². The van der Waals surface area contributed by atoms with Crippen molar-refractivity contribution < 1.29 is 4.74 Å². The molecule has 1 saturated carbocycles. The molecule has 0 saturated heterocycles. The third-order valence-corrected chi connectivity index (χ3v) is 4.91. The van der Waals surface area contributed by atoms with E-state index in [9.17, 15) is 0 Å². The molecule has 1 unspecified atom stereocenters. The van der Waals surface area contributed by atoms with Gasteiger partial charge in [-0.3, -0.25) is 4.98 Å². The maximum Gasteiger partial charge on any atom is 0.0872 e. The molecule has 112 valence electrons. The number of ether oxygens (including phenoxy) is 1. The Morgan fingerprint density at radius 2 is 1.95 bits per heavy atom. The van der Waals surface area contributed by atoms with Crippen LogP contribution in [0.15, 0.2) is 36.5 Å². The Morgan fingerprint density at radius 3 is 2.67 bits per heavy atom. The molecule has 0 bridgehead atoms. The molecule has 21 heavy (non-hydrogen) atoms. The highest BCUT2D eigenvalue weighted by molar-refractivity contribution is 5.82. The van der Waals surface area contributed by atoms with Crippen LogP contribution in [0.5, 0.6) is 0 Å². The van der Waals surface area contributed by atoms with E-state index in [0.29, 0.717) is 0 Å². The van der Waals surface area contributed by atoms with Crippen LogP contribution < -0.4 is 5.32 Å². The van der Waals surface area contributed by atoms with Crippen molar-refractivity contribution in [2.45, 2.75) is 43.7 Å². The van der Waals surface area contributed by atoms with Crippen LogP contribution in [-0.2, 0) is 4.74 Å². The van der Waals surface area contributed by atoms with Gasteiger partial charge in [-0.05, 0) is 37.6 Å². The Morgan fingerprint density at radius 1 is 1.14 bits per heavy atom. The van der Waals surface area contributed by atoms with Crippen molar-refractivity contribution in [1.82, 2.24) is 10.3 Å². The number of hydrogen-bond donors (Lipinski definition) is 1. The summed E-state index contributed by atoms with van der Waals surface area (Å²) in [7, 11) is 3.90. The van der Waals surface area contributed by atoms with Crippen molar-refractivity contribution in [3.63, 3.8) is 0 Å². The molecular weight excluding hydrogens is 260 g/mol. The summed E-state index contributed by atoms with van der Waals surface area (Å²) >= 11 is 0. The molecular formula is C18H24N2O. The number of methoxy groups -OCH3 is 1. The molecule has 3 nitrogen and oxygen atoms in total. The Kier molecular flexibility index (Phi) is 4.22. The summed E-state index contributed by atoms with van der Waals surface area (Å²) in [6.45, 7) is 0. The predicted octanol–water partition coefficient (Wildman–Crippen LogP) is 3.84. The van der Waals surface area contributed by atoms with E-state index in [1.807, 2.05) is 26.4 Å². The van der Waals surface area contributed by atoms with Crippen LogP contribution in [0.3, 0.4) is 0 Å². The fourth-order valence-electron chi connectivity index (χ4n) is 3.84. The van der Waals surface area contributed by atoms with Crippen LogP contribution in [0, 0.1) is 0 Å². The first-order valence-corrected chi connectivity index (χ1v) is 7.87. The summed E-state index contributed by atoms with van der Waals surface area (Å²) in [6.07, 6.45) is 7.90. The van der Waals surface area contributed by atoms with Gasteiger partial charge in [0.25, 0.3) is 0 Å². The van der Waals surface area contributed by atoms with Gasteiger partial charge in [-0.25, -0.2) is 0 Å². The van der Waals surface area contributed by atoms with E-state index in [0.717, 1.165) is 18.4 Å². The van der Waals surface area contributed by atoms with E-state index in [1.54, 1.807) is 0 Å². The SMILES string of the molecule is CNC(c1cccc2ncccc12)C1(OC)CCCCC1. The van der Waals surface area contributed by atoms with Crippen molar-refractivity contribution in [1.29, 1.82) is 0 Å². The van der Waals surface area contributed by atoms with Crippen molar-refractivity contribution in [2.24, 2.45) is 0 Å². The largest absolute Gasteiger partial charge is 0.376 e. The van der Waals surface area contributed by atoms with E-state index in [1.165, 1.54) is 30.2 Å². The lowest BCUT2D eigenvalue weighted by atomic mass is 9.76. The maximum atomic E-state index is 6.05. The number of aromatic nitrogens is 1. The lowest BCUT2D eigenvalue weighted by Crippen LogP contribution is -2.46. The Hall–Kier alpha value is -1.45. The Labute approximate surface area is 126 Å². The first-order valence-electron chi connectivity index (χ1n) is 7.87. The van der Waals surface area contributed by atoms with E-state index in [2.05, 4.69) is 34.6 Å². The molecule has 3 rings (SSSR count). The number of hydrogen-bond acceptors (Lipinski definition) is 3. The lowest BCUT2D eigenvalue weighted by molar-refractivity contribution is -0.0668. The van der Waals surface area contributed by atoms with Gasteiger partial charge in [-0.2, -0.15) is 0 Å². The van der Waals surface area contributed by atoms with Gasteiger partial charge in [-0.1, -0.05) is 37.5 Å². The molecule has 1 atom stereocenters. The molecule has 0 radical (unpaired) electrons. The van der Waals surface area contributed by atoms with Gasteiger partial charge >= 0.3 is 0 Å². The van der Waals surface area contributed by atoms with Gasteiger partial charge in [-0.15, -0.1) is 0 Å². The van der Waals surface area contributed by atoms with Gasteiger partial charge < -0.3 is 10.1 Å². The number of rotatable bonds is 4. The van der Waals surface area contributed by atoms with E-state index in [-0.39, 0.29) is 11.6 Å². The second-order valence-corrected chi connectivity index (χ2v) is 5.97. The first-order chi connectivity index (χ1) is 10.3. The lowest BCUT2D eigenvalue weighted by Gasteiger charge is -2.43. The van der Waals surface area contributed by atoms with Crippen LogP contribution in [0.1, 0.15) is 43.7 Å². The minimum atomic E-state index is -0.100. The minimum absolute atomic E-state index is 0.100. The number of pyridine rings is 1. The smallest absolute Gasteiger partial charge is 0.0872 e. The van der Waals surface area contributed by atoms with Gasteiger partial charge in [0.05, 0.1) is 17.2 Å². The van der Waals surface area contributed by atoms with E-state index in [4.69, 9.17) is 4.74 Å². The summed E-state index contributed by atoms with van der Waals surface area (Å²) in [5.41, 5.74) is 2.25. The summed E-state index contributed by atoms with van der Waals surface area (Å²) in [5.74, 6) is 0. The number of likely N-dealkylation sites (N-methyl/N-ethyl adjacent to an activating group) is 1. The quantitative estimate of drug-likeness (QED) is 0.926. The fourth-order valence-corrected chi connectivity index (χ4v) is 3.84. The van der Waals surface area contributed by atoms with E-state index < -0.39 is 0 Å². The second kappa shape index (κ2) is 6.12. The zero-order chi connectivity index (χ0) is 14.7. The van der Waals surface area contributed by atoms with Crippen molar-refractivity contribution >= 4 is 10.9 Å². The summed E-state index contributed by atoms with van der Waals surface area (Å²) < 4.78 is 6.05. The Bertz CT molecular complexity index is 600. The van der Waals surface area contributed by atoms with Crippen LogP contribution >= 0.6 is 0 Å². The molecule has 1 aliphatic carbocycles. The van der Waals surface area contributed by atoms with Crippen LogP contribution in [0.2, 0.25) is 0 Å². The molecule has 0 aliphatic heterocycles. The topological polar surface area (TPSA) is 34.2 Å². The van der Waals surface area contributed by atoms with Crippen molar-refractivity contribution in [3.8, 4) is 0 Å². The predicted molar refractivity (Wildman–Crippen MR) is 86.4 cm³/mol. The highest BCUT2D eigenvalue weighted by atomic mass is 16.5. The van der Waals surface area contributed by atoms with Gasteiger partial charge in [0.2, 0.25) is 0 Å². The molecule has 1 fully saturated rings. The summed E-state index contributed by atoms with van der Waals surface area (Å²) in [6, 6.07) is 10.8. The molecule has 1 aromatic heterocycles. The van der Waals surface area contributed by atoms with Crippen LogP contribution in [0.25, 0.3) is 10.9 Å². The molecule has 2 aromatic rings. The second-order valence-electron chi connectivity index (χ2n) is 5.97. The summed E-state index contributed by atoms with van der Waals surface area (Å²) in [4.78, 5) is 4.48. The van der Waals surface area contributed by atoms with Crippen molar-refractivity contribution in [3.05, 3.63) is 42.1 Å². The van der Waals surface area contributed by atoms with Gasteiger partial charge in [0.1, 0.15) is 0 Å². The normalized spacial score (nSPS) is 19.5. The standard InChI is InChI=1S/C18H24N2O/c1-19-17(18(21-2)11-4-3-5-12-18)15-8-6-10-16-14(15)9-7-13-20-16/h6-10,13,17,19H,3-5,11-12H2,1-2H3. The zero-order valence-electron chi connectivity index (χ0n) is 12.9. The summed E-state index contributed by atoms with van der Waals surface area (Å²) in [5, 5.41) is 4.74. The zero-order valence-corrected chi connectivity index (χ0v) is 12.9. The number of fused-ring (bicyclic) bond motifs is 1. The van der Waals surface area contributed by atoms with E-state index >= 15 is 0 Å². The highest BCUT2D eigenvalue weighted by Gasteiger charge is 2.40. The Balaban J connectivity index is 2.09. The van der Waals surface area contributed by atoms with Crippen LogP contribution in [-0.4, -0.2) is 24.7 Å². The van der Waals surface area contributed by atoms with Crippen LogP contribution in [0.4, 0.5) is 0 Å². The molecule has 1 aliphatic rings. The number of nitrogens with one attached hydrogen (secondary N) is 1. The fraction of sp³-hybridized carbons (Fsp3) is 0.500. The molecule has 1 N–H and O–H groups in total. The maximum absolute atomic E-state index is 6.05. The first kappa shape index (κ1) is 14.5. The average molecular weight is 284 g/mol. The monoisotopic (exact) mass is 284 g/mol. The third kappa shape index (κ3) is 2.56. The van der Waals surface area contributed by atoms with Gasteiger partial charge in [0, 0.05) is 18.7 Å².